The van der Waals surface area contributed by atoms with E-state index < -0.39 is 6.09 Å². The third-order valence-corrected chi connectivity index (χ3v) is 1.95. The zero-order valence-corrected chi connectivity index (χ0v) is 7.96. The van der Waals surface area contributed by atoms with Gasteiger partial charge < -0.3 is 20.1 Å². The molecular weight excluding hydrogens is 156 g/mol. The van der Waals surface area contributed by atoms with Crippen molar-refractivity contribution in [2.75, 3.05) is 20.6 Å². The second-order valence-corrected chi connectivity index (χ2v) is 3.03. The smallest absolute Gasteiger partial charge is 0.134 e. The number of amides is 1. The lowest BCUT2D eigenvalue weighted by molar-refractivity contribution is -0.250. The highest BCUT2D eigenvalue weighted by atomic mass is 16.4. The zero-order chi connectivity index (χ0) is 9.56. The maximum Gasteiger partial charge on any atom is 0.134 e. The summed E-state index contributed by atoms with van der Waals surface area (Å²) in [6.07, 6.45) is 0.669. The highest BCUT2D eigenvalue weighted by Gasteiger charge is 2.06. The molecule has 0 spiro atoms. The first-order valence-electron chi connectivity index (χ1n) is 4.19. The standard InChI is InChI=1S/C8H18N2O2/c1-4-7(10(2)3)5-6-9-8(11)12/h7,9H,4-6H2,1-3H3,(H,11,12)/p-1. The molecule has 1 N–H and O–H groups in total. The molecule has 0 aromatic carbocycles. The van der Waals surface area contributed by atoms with E-state index in [1.165, 1.54) is 0 Å². The van der Waals surface area contributed by atoms with E-state index in [1.54, 1.807) is 0 Å². The molecule has 0 fully saturated rings. The van der Waals surface area contributed by atoms with Crippen LogP contribution >= 0.6 is 0 Å². The van der Waals surface area contributed by atoms with E-state index in [9.17, 15) is 9.90 Å². The first-order chi connectivity index (χ1) is 5.57. The van der Waals surface area contributed by atoms with E-state index in [2.05, 4.69) is 17.1 Å². The van der Waals surface area contributed by atoms with Crippen LogP contribution in [0.3, 0.4) is 0 Å². The van der Waals surface area contributed by atoms with Crippen LogP contribution in [0.15, 0.2) is 0 Å². The predicted molar refractivity (Wildman–Crippen MR) is 45.8 cm³/mol. The number of carbonyl (C=O) groups excluding carboxylic acids is 1. The topological polar surface area (TPSA) is 55.4 Å². The number of carbonyl (C=O) groups is 1. The van der Waals surface area contributed by atoms with Crippen LogP contribution in [0.5, 0.6) is 0 Å². The Morgan fingerprint density at radius 2 is 2.17 bits per heavy atom. The lowest BCUT2D eigenvalue weighted by atomic mass is 10.1. The van der Waals surface area contributed by atoms with Gasteiger partial charge in [-0.05, 0) is 26.9 Å². The van der Waals surface area contributed by atoms with Crippen LogP contribution in [0.4, 0.5) is 4.79 Å². The van der Waals surface area contributed by atoms with E-state index in [1.807, 2.05) is 14.1 Å². The first kappa shape index (κ1) is 11.2. The molecular formula is C8H17N2O2-. The minimum absolute atomic E-state index is 0.442. The lowest BCUT2D eigenvalue weighted by Gasteiger charge is -2.23. The summed E-state index contributed by atoms with van der Waals surface area (Å²) in [4.78, 5) is 12.1. The summed E-state index contributed by atoms with van der Waals surface area (Å²) in [7, 11) is 3.99. The molecule has 12 heavy (non-hydrogen) atoms. The van der Waals surface area contributed by atoms with Gasteiger partial charge >= 0.3 is 0 Å². The molecule has 0 aromatic heterocycles. The van der Waals surface area contributed by atoms with Gasteiger partial charge in [0.15, 0.2) is 0 Å². The number of nitrogens with one attached hydrogen (secondary N) is 1. The van der Waals surface area contributed by atoms with Gasteiger partial charge in [0.25, 0.3) is 0 Å². The van der Waals surface area contributed by atoms with Crippen molar-refractivity contribution in [2.24, 2.45) is 0 Å². The van der Waals surface area contributed by atoms with E-state index >= 15 is 0 Å². The molecule has 4 nitrogen and oxygen atoms in total. The maximum atomic E-state index is 10.0. The van der Waals surface area contributed by atoms with Gasteiger partial charge in [0.2, 0.25) is 0 Å². The van der Waals surface area contributed by atoms with Gasteiger partial charge in [0, 0.05) is 12.6 Å². The van der Waals surface area contributed by atoms with E-state index in [0.29, 0.717) is 12.6 Å². The van der Waals surface area contributed by atoms with Crippen molar-refractivity contribution in [1.29, 1.82) is 0 Å². The molecule has 0 heterocycles. The predicted octanol–water partition coefficient (Wildman–Crippen LogP) is -0.350. The van der Waals surface area contributed by atoms with Crippen LogP contribution < -0.4 is 10.4 Å². The van der Waals surface area contributed by atoms with Gasteiger partial charge in [-0.3, -0.25) is 0 Å². The second kappa shape index (κ2) is 5.83. The van der Waals surface area contributed by atoms with Crippen molar-refractivity contribution in [3.05, 3.63) is 0 Å². The largest absolute Gasteiger partial charge is 0.530 e. The van der Waals surface area contributed by atoms with Gasteiger partial charge in [-0.25, -0.2) is 0 Å². The Kier molecular flexibility index (Phi) is 5.45. The molecule has 0 radical (unpaired) electrons. The molecule has 72 valence electrons. The molecule has 0 aromatic rings. The minimum Gasteiger partial charge on any atom is -0.530 e. The quantitative estimate of drug-likeness (QED) is 0.618. The molecule has 0 bridgehead atoms. The number of rotatable bonds is 5. The highest BCUT2D eigenvalue weighted by Crippen LogP contribution is 2.02. The molecule has 0 aliphatic rings. The molecule has 1 amide bonds. The van der Waals surface area contributed by atoms with Crippen molar-refractivity contribution >= 4 is 6.09 Å². The maximum absolute atomic E-state index is 10.0. The Morgan fingerprint density at radius 1 is 1.58 bits per heavy atom. The molecule has 0 aliphatic heterocycles. The fourth-order valence-corrected chi connectivity index (χ4v) is 1.17. The van der Waals surface area contributed by atoms with Crippen LogP contribution in [-0.4, -0.2) is 37.7 Å². The molecule has 1 atom stereocenters. The Balaban J connectivity index is 3.51. The van der Waals surface area contributed by atoms with Crippen LogP contribution in [0.25, 0.3) is 0 Å². The third-order valence-electron chi connectivity index (χ3n) is 1.95. The summed E-state index contributed by atoms with van der Waals surface area (Å²) < 4.78 is 0. The van der Waals surface area contributed by atoms with Crippen molar-refractivity contribution in [3.63, 3.8) is 0 Å². The number of carboxylic acid groups (broad SMARTS) is 1. The van der Waals surface area contributed by atoms with Crippen molar-refractivity contribution < 1.29 is 9.90 Å². The van der Waals surface area contributed by atoms with Gasteiger partial charge in [0.05, 0.1) is 0 Å². The van der Waals surface area contributed by atoms with E-state index in [0.717, 1.165) is 12.8 Å². The zero-order valence-electron chi connectivity index (χ0n) is 7.96. The van der Waals surface area contributed by atoms with Gasteiger partial charge in [0.1, 0.15) is 6.09 Å². The van der Waals surface area contributed by atoms with Gasteiger partial charge in [-0.2, -0.15) is 0 Å². The lowest BCUT2D eigenvalue weighted by Crippen LogP contribution is -2.39. The molecule has 0 saturated carbocycles. The summed E-state index contributed by atoms with van der Waals surface area (Å²) in [5.41, 5.74) is 0. The molecule has 4 heteroatoms. The van der Waals surface area contributed by atoms with Crippen LogP contribution in [0.1, 0.15) is 19.8 Å². The summed E-state index contributed by atoms with van der Waals surface area (Å²) in [6, 6.07) is 0.442. The summed E-state index contributed by atoms with van der Waals surface area (Å²) in [5.74, 6) is 0. The SMILES string of the molecule is CCC(CCNC(=O)[O-])N(C)C. The second-order valence-electron chi connectivity index (χ2n) is 3.03. The molecule has 0 rings (SSSR count). The average Bonchev–Trinajstić information content (AvgIpc) is 1.96. The minimum atomic E-state index is -1.19. The van der Waals surface area contributed by atoms with E-state index in [4.69, 9.17) is 0 Å². The van der Waals surface area contributed by atoms with Gasteiger partial charge in [-0.1, -0.05) is 6.92 Å². The summed E-state index contributed by atoms with van der Waals surface area (Å²) in [5, 5.41) is 12.2. The third kappa shape index (κ3) is 4.96. The van der Waals surface area contributed by atoms with Crippen LogP contribution in [0.2, 0.25) is 0 Å². The number of hydrogen-bond donors (Lipinski definition) is 1. The molecule has 0 aliphatic carbocycles. The van der Waals surface area contributed by atoms with E-state index in [-0.39, 0.29) is 0 Å². The average molecular weight is 173 g/mol. The number of nitrogens with zero attached hydrogens (tertiary/aromatic N) is 1. The molecule has 1 unspecified atom stereocenters. The Hall–Kier alpha value is -0.770. The fraction of sp³-hybridized carbons (Fsp3) is 0.875. The Morgan fingerprint density at radius 3 is 2.50 bits per heavy atom. The highest BCUT2D eigenvalue weighted by molar-refractivity contribution is 5.61. The summed E-state index contributed by atoms with van der Waals surface area (Å²) >= 11 is 0. The van der Waals surface area contributed by atoms with Crippen molar-refractivity contribution in [1.82, 2.24) is 10.2 Å². The van der Waals surface area contributed by atoms with Gasteiger partial charge in [-0.15, -0.1) is 0 Å². The molecule has 0 saturated heterocycles. The van der Waals surface area contributed by atoms with Crippen molar-refractivity contribution in [2.45, 2.75) is 25.8 Å². The van der Waals surface area contributed by atoms with Crippen molar-refractivity contribution in [3.8, 4) is 0 Å². The van der Waals surface area contributed by atoms with Crippen LogP contribution in [0, 0.1) is 0 Å². The summed E-state index contributed by atoms with van der Waals surface area (Å²) in [6.45, 7) is 2.56. The first-order valence-corrected chi connectivity index (χ1v) is 4.19. The number of hydrogen-bond acceptors (Lipinski definition) is 3. The fourth-order valence-electron chi connectivity index (χ4n) is 1.17. The Bertz CT molecular complexity index is 137. The van der Waals surface area contributed by atoms with Crippen LogP contribution in [-0.2, 0) is 0 Å². The normalized spacial score (nSPS) is 13.0. The monoisotopic (exact) mass is 173 g/mol. The Labute approximate surface area is 73.6 Å².